The topological polar surface area (TPSA) is 95.7 Å². The number of carbonyl (C=O) groups is 3. The summed E-state index contributed by atoms with van der Waals surface area (Å²) in [5, 5.41) is 2.35. The molecule has 1 unspecified atom stereocenters. The molecule has 0 spiro atoms. The molecule has 2 fully saturated rings. The van der Waals surface area contributed by atoms with E-state index in [2.05, 4.69) is 23.3 Å². The van der Waals surface area contributed by atoms with Crippen LogP contribution in [0.3, 0.4) is 0 Å². The molecule has 3 amide bonds. The van der Waals surface area contributed by atoms with Gasteiger partial charge >= 0.3 is 0 Å². The molecule has 29 heavy (non-hydrogen) atoms. The molecule has 0 aromatic heterocycles. The third kappa shape index (κ3) is 4.36. The second kappa shape index (κ2) is 8.24. The Morgan fingerprint density at radius 2 is 1.90 bits per heavy atom. The van der Waals surface area contributed by atoms with E-state index < -0.39 is 6.04 Å². The summed E-state index contributed by atoms with van der Waals surface area (Å²) in [7, 11) is 2.14. The highest BCUT2D eigenvalue weighted by molar-refractivity contribution is 6.05. The van der Waals surface area contributed by atoms with Crippen LogP contribution in [-0.4, -0.2) is 53.2 Å². The standard InChI is InChI=1S/C22H30N4O3/c1-25(11-14-2-5-17(23)6-3-14)12-15-4-7-18-16(10-15)13-26(22(18)29)19-8-9-20(27)24-21(19)28/h4,7,10,14,17,19H,2-3,5-6,8-9,11-13,23H2,1H3,(H,24,27,28). The summed E-state index contributed by atoms with van der Waals surface area (Å²) in [5.74, 6) is -0.0398. The van der Waals surface area contributed by atoms with Gasteiger partial charge in [0.1, 0.15) is 6.04 Å². The van der Waals surface area contributed by atoms with Crippen LogP contribution in [0.15, 0.2) is 18.2 Å². The van der Waals surface area contributed by atoms with E-state index in [-0.39, 0.29) is 24.1 Å². The number of piperidine rings is 1. The van der Waals surface area contributed by atoms with Gasteiger partial charge in [-0.2, -0.15) is 0 Å². The van der Waals surface area contributed by atoms with Crippen LogP contribution in [-0.2, 0) is 22.7 Å². The maximum absolute atomic E-state index is 12.8. The van der Waals surface area contributed by atoms with E-state index in [1.54, 1.807) is 4.90 Å². The van der Waals surface area contributed by atoms with E-state index in [1.165, 1.54) is 18.4 Å². The van der Waals surface area contributed by atoms with Crippen molar-refractivity contribution in [3.05, 3.63) is 34.9 Å². The van der Waals surface area contributed by atoms with Crippen LogP contribution in [0.25, 0.3) is 0 Å². The van der Waals surface area contributed by atoms with Crippen molar-refractivity contribution in [2.45, 2.75) is 63.7 Å². The fourth-order valence-corrected chi connectivity index (χ4v) is 4.91. The minimum absolute atomic E-state index is 0.118. The van der Waals surface area contributed by atoms with E-state index in [4.69, 9.17) is 5.73 Å². The molecular formula is C22H30N4O3. The van der Waals surface area contributed by atoms with Crippen LogP contribution in [0.2, 0.25) is 0 Å². The lowest BCUT2D eigenvalue weighted by Gasteiger charge is -2.29. The first-order chi connectivity index (χ1) is 13.9. The Kier molecular flexibility index (Phi) is 5.69. The van der Waals surface area contributed by atoms with Gasteiger partial charge in [-0.25, -0.2) is 0 Å². The third-order valence-electron chi connectivity index (χ3n) is 6.50. The number of hydrogen-bond donors (Lipinski definition) is 2. The van der Waals surface area contributed by atoms with Crippen molar-refractivity contribution in [1.82, 2.24) is 15.1 Å². The first-order valence-electron chi connectivity index (χ1n) is 10.6. The zero-order chi connectivity index (χ0) is 20.5. The number of fused-ring (bicyclic) bond motifs is 1. The first-order valence-corrected chi connectivity index (χ1v) is 10.6. The van der Waals surface area contributed by atoms with Gasteiger partial charge in [0.2, 0.25) is 11.8 Å². The van der Waals surface area contributed by atoms with Crippen LogP contribution in [0.5, 0.6) is 0 Å². The number of carbonyl (C=O) groups excluding carboxylic acids is 3. The highest BCUT2D eigenvalue weighted by atomic mass is 16.2. The van der Waals surface area contributed by atoms with Crippen molar-refractivity contribution in [3.63, 3.8) is 0 Å². The Labute approximate surface area is 171 Å². The van der Waals surface area contributed by atoms with Crippen LogP contribution in [0.1, 0.15) is 60.0 Å². The van der Waals surface area contributed by atoms with Gasteiger partial charge in [0.15, 0.2) is 0 Å². The molecule has 2 heterocycles. The van der Waals surface area contributed by atoms with E-state index >= 15 is 0 Å². The number of amides is 3. The maximum atomic E-state index is 12.8. The lowest BCUT2D eigenvalue weighted by atomic mass is 9.86. The van der Waals surface area contributed by atoms with Gasteiger partial charge < -0.3 is 15.5 Å². The number of hydrogen-bond acceptors (Lipinski definition) is 5. The van der Waals surface area contributed by atoms with E-state index in [0.29, 0.717) is 30.5 Å². The number of nitrogens with two attached hydrogens (primary N) is 1. The summed E-state index contributed by atoms with van der Waals surface area (Å²) in [5.41, 5.74) is 8.82. The summed E-state index contributed by atoms with van der Waals surface area (Å²) < 4.78 is 0. The predicted molar refractivity (Wildman–Crippen MR) is 109 cm³/mol. The number of rotatable bonds is 5. The largest absolute Gasteiger partial charge is 0.328 e. The van der Waals surface area contributed by atoms with Crippen LogP contribution in [0, 0.1) is 5.92 Å². The zero-order valence-electron chi connectivity index (χ0n) is 17.0. The fourth-order valence-electron chi connectivity index (χ4n) is 4.91. The van der Waals surface area contributed by atoms with Gasteiger partial charge in [-0.05, 0) is 62.3 Å². The second-order valence-corrected chi connectivity index (χ2v) is 8.87. The molecule has 0 radical (unpaired) electrons. The summed E-state index contributed by atoms with van der Waals surface area (Å²) >= 11 is 0. The summed E-state index contributed by atoms with van der Waals surface area (Å²) in [6.45, 7) is 2.33. The highest BCUT2D eigenvalue weighted by Gasteiger charge is 2.39. The number of nitrogens with one attached hydrogen (secondary N) is 1. The molecule has 0 bridgehead atoms. The Bertz CT molecular complexity index is 816. The molecule has 1 aromatic rings. The normalized spacial score (nSPS) is 27.3. The molecule has 1 aliphatic carbocycles. The van der Waals surface area contributed by atoms with Crippen LogP contribution in [0.4, 0.5) is 0 Å². The predicted octanol–water partition coefficient (Wildman–Crippen LogP) is 1.40. The van der Waals surface area contributed by atoms with Gasteiger partial charge in [0, 0.05) is 37.7 Å². The van der Waals surface area contributed by atoms with Crippen molar-refractivity contribution in [1.29, 1.82) is 0 Å². The quantitative estimate of drug-likeness (QED) is 0.731. The van der Waals surface area contributed by atoms with Crippen LogP contribution >= 0.6 is 0 Å². The number of nitrogens with zero attached hydrogens (tertiary/aromatic N) is 2. The molecule has 2 aliphatic heterocycles. The Hall–Kier alpha value is -2.25. The molecule has 156 valence electrons. The van der Waals surface area contributed by atoms with E-state index in [9.17, 15) is 14.4 Å². The zero-order valence-corrected chi connectivity index (χ0v) is 17.0. The molecule has 1 saturated carbocycles. The molecule has 3 N–H and O–H groups in total. The van der Waals surface area contributed by atoms with Crippen molar-refractivity contribution in [2.24, 2.45) is 11.7 Å². The van der Waals surface area contributed by atoms with Gasteiger partial charge in [-0.1, -0.05) is 12.1 Å². The van der Waals surface area contributed by atoms with Crippen LogP contribution < -0.4 is 11.1 Å². The molecular weight excluding hydrogens is 368 g/mol. The molecule has 1 atom stereocenters. The Morgan fingerprint density at radius 3 is 2.62 bits per heavy atom. The van der Waals surface area contributed by atoms with Crippen molar-refractivity contribution >= 4 is 17.7 Å². The summed E-state index contributed by atoms with van der Waals surface area (Å²) in [6, 6.07) is 5.80. The van der Waals surface area contributed by atoms with E-state index in [1.807, 2.05) is 12.1 Å². The molecule has 4 rings (SSSR count). The van der Waals surface area contributed by atoms with Crippen molar-refractivity contribution in [2.75, 3.05) is 13.6 Å². The number of imide groups is 1. The van der Waals surface area contributed by atoms with Gasteiger partial charge in [0.25, 0.3) is 5.91 Å². The Balaban J connectivity index is 1.38. The summed E-state index contributed by atoms with van der Waals surface area (Å²) in [4.78, 5) is 40.3. The molecule has 1 saturated heterocycles. The lowest BCUT2D eigenvalue weighted by molar-refractivity contribution is -0.136. The second-order valence-electron chi connectivity index (χ2n) is 8.87. The van der Waals surface area contributed by atoms with E-state index in [0.717, 1.165) is 31.5 Å². The molecule has 3 aliphatic rings. The molecule has 7 heteroatoms. The maximum Gasteiger partial charge on any atom is 0.255 e. The first kappa shape index (κ1) is 20.0. The average Bonchev–Trinajstić information content (AvgIpc) is 2.99. The van der Waals surface area contributed by atoms with Crippen molar-refractivity contribution < 1.29 is 14.4 Å². The monoisotopic (exact) mass is 398 g/mol. The third-order valence-corrected chi connectivity index (χ3v) is 6.50. The molecule has 7 nitrogen and oxygen atoms in total. The van der Waals surface area contributed by atoms with Crippen molar-refractivity contribution in [3.8, 4) is 0 Å². The smallest absolute Gasteiger partial charge is 0.255 e. The van der Waals surface area contributed by atoms with Gasteiger partial charge in [0.05, 0.1) is 0 Å². The summed E-state index contributed by atoms with van der Waals surface area (Å²) in [6.07, 6.45) is 5.31. The fraction of sp³-hybridized carbons (Fsp3) is 0.591. The minimum atomic E-state index is -0.559. The lowest BCUT2D eigenvalue weighted by Crippen LogP contribution is -2.52. The van der Waals surface area contributed by atoms with Gasteiger partial charge in [-0.15, -0.1) is 0 Å². The van der Waals surface area contributed by atoms with Gasteiger partial charge in [-0.3, -0.25) is 19.7 Å². The average molecular weight is 399 g/mol. The highest BCUT2D eigenvalue weighted by Crippen LogP contribution is 2.29. The minimum Gasteiger partial charge on any atom is -0.328 e. The number of benzene rings is 1. The SMILES string of the molecule is CN(Cc1ccc2c(c1)CN(C1CCC(=O)NC1=O)C2=O)CC1CCC(N)CC1. The molecule has 1 aromatic carbocycles. The Morgan fingerprint density at radius 1 is 1.14 bits per heavy atom.